The molecule has 0 fully saturated rings. The topological polar surface area (TPSA) is 84.3 Å². The third-order valence-electron chi connectivity index (χ3n) is 4.88. The van der Waals surface area contributed by atoms with Crippen molar-refractivity contribution in [2.75, 3.05) is 6.26 Å². The van der Waals surface area contributed by atoms with E-state index in [1.165, 1.54) is 16.9 Å². The van der Waals surface area contributed by atoms with Crippen LogP contribution >= 0.6 is 0 Å². The van der Waals surface area contributed by atoms with Gasteiger partial charge < -0.3 is 19.4 Å². The number of aromatic amines is 1. The number of hydrogen-bond acceptors (Lipinski definition) is 4. The molecule has 0 aliphatic rings. The summed E-state index contributed by atoms with van der Waals surface area (Å²) in [4.78, 5) is 16.0. The molecule has 2 heterocycles. The van der Waals surface area contributed by atoms with Gasteiger partial charge in [0, 0.05) is 63.5 Å². The average Bonchev–Trinajstić information content (AvgIpc) is 3.18. The van der Waals surface area contributed by atoms with Crippen LogP contribution in [0.2, 0.25) is 0 Å². The first-order chi connectivity index (χ1) is 14.8. The Bertz CT molecular complexity index is 1390. The van der Waals surface area contributed by atoms with Gasteiger partial charge in [0.25, 0.3) is 5.56 Å². The third-order valence-corrected chi connectivity index (χ3v) is 5.80. The Morgan fingerprint density at radius 2 is 1.84 bits per heavy atom. The summed E-state index contributed by atoms with van der Waals surface area (Å²) in [5.41, 5.74) is 1.45. The lowest BCUT2D eigenvalue weighted by Gasteiger charge is -2.15. The first kappa shape index (κ1) is 21.0. The third kappa shape index (κ3) is 3.89. The molecule has 0 saturated carbocycles. The SMILES string of the molecule is Cn1cc(-c2cc(S(C)=O)ccc2Oc2ccc(F)cc2F)c2cc(CO)[nH]c2c1=O. The molecule has 0 radical (unpaired) electrons. The molecule has 0 amide bonds. The van der Waals surface area contributed by atoms with Gasteiger partial charge in [-0.25, -0.2) is 8.78 Å². The molecule has 4 aromatic rings. The molecule has 6 nitrogen and oxygen atoms in total. The Hall–Kier alpha value is -3.30. The van der Waals surface area contributed by atoms with Crippen LogP contribution in [-0.2, 0) is 24.5 Å². The van der Waals surface area contributed by atoms with Crippen molar-refractivity contribution in [3.05, 3.63) is 76.3 Å². The Morgan fingerprint density at radius 1 is 1.10 bits per heavy atom. The summed E-state index contributed by atoms with van der Waals surface area (Å²) in [6.07, 6.45) is 3.11. The van der Waals surface area contributed by atoms with E-state index >= 15 is 0 Å². The summed E-state index contributed by atoms with van der Waals surface area (Å²) < 4.78 is 46.7. The number of nitrogens with one attached hydrogen (secondary N) is 1. The van der Waals surface area contributed by atoms with Crippen LogP contribution in [0.3, 0.4) is 0 Å². The number of ether oxygens (including phenoxy) is 1. The number of rotatable bonds is 5. The van der Waals surface area contributed by atoms with Crippen LogP contribution in [0.4, 0.5) is 8.78 Å². The number of aromatic nitrogens is 2. The van der Waals surface area contributed by atoms with Crippen LogP contribution in [-0.4, -0.2) is 25.1 Å². The van der Waals surface area contributed by atoms with E-state index in [4.69, 9.17) is 4.74 Å². The number of nitrogens with zero attached hydrogens (tertiary/aromatic N) is 1. The number of aliphatic hydroxyl groups is 1. The maximum Gasteiger partial charge on any atom is 0.274 e. The second-order valence-electron chi connectivity index (χ2n) is 6.99. The molecular weight excluding hydrogens is 426 g/mol. The van der Waals surface area contributed by atoms with Gasteiger partial charge in [0.2, 0.25) is 0 Å². The molecule has 0 saturated heterocycles. The van der Waals surface area contributed by atoms with E-state index in [9.17, 15) is 22.9 Å². The monoisotopic (exact) mass is 444 g/mol. The molecule has 2 aromatic carbocycles. The lowest BCUT2D eigenvalue weighted by atomic mass is 10.0. The molecule has 0 aliphatic heterocycles. The quantitative estimate of drug-likeness (QED) is 0.490. The minimum absolute atomic E-state index is 0.181. The number of hydrogen-bond donors (Lipinski definition) is 2. The predicted octanol–water partition coefficient (Wildman–Crippen LogP) is 3.83. The molecule has 160 valence electrons. The zero-order chi connectivity index (χ0) is 22.3. The maximum absolute atomic E-state index is 14.2. The van der Waals surface area contributed by atoms with Crippen LogP contribution in [0.15, 0.2) is 58.4 Å². The van der Waals surface area contributed by atoms with Crippen LogP contribution in [0.1, 0.15) is 5.69 Å². The number of halogens is 2. The maximum atomic E-state index is 14.2. The summed E-state index contributed by atoms with van der Waals surface area (Å²) in [6.45, 7) is -0.291. The van der Waals surface area contributed by atoms with Gasteiger partial charge in [0.05, 0.1) is 6.61 Å². The molecule has 0 aliphatic carbocycles. The van der Waals surface area contributed by atoms with E-state index in [1.54, 1.807) is 37.5 Å². The lowest BCUT2D eigenvalue weighted by Crippen LogP contribution is -2.16. The summed E-state index contributed by atoms with van der Waals surface area (Å²) in [7, 11) is 0.265. The summed E-state index contributed by atoms with van der Waals surface area (Å²) in [5, 5.41) is 10.0. The van der Waals surface area contributed by atoms with Crippen molar-refractivity contribution in [3.63, 3.8) is 0 Å². The second-order valence-corrected chi connectivity index (χ2v) is 8.37. The highest BCUT2D eigenvalue weighted by molar-refractivity contribution is 7.84. The molecule has 0 spiro atoms. The summed E-state index contributed by atoms with van der Waals surface area (Å²) >= 11 is 0. The van der Waals surface area contributed by atoms with Crippen molar-refractivity contribution in [3.8, 4) is 22.6 Å². The predicted molar refractivity (Wildman–Crippen MR) is 114 cm³/mol. The van der Waals surface area contributed by atoms with Crippen LogP contribution in [0, 0.1) is 11.6 Å². The normalized spacial score (nSPS) is 12.3. The standard InChI is InChI=1S/C22H18F2N2O4S/c1-26-10-17(16-8-13(11-27)25-21(16)22(26)28)15-9-14(31(2)29)4-6-19(15)30-20-5-3-12(23)7-18(20)24/h3-10,25,27H,11H2,1-2H3. The summed E-state index contributed by atoms with van der Waals surface area (Å²) in [6, 6.07) is 9.39. The average molecular weight is 444 g/mol. The molecule has 1 atom stereocenters. The van der Waals surface area contributed by atoms with Gasteiger partial charge in [-0.2, -0.15) is 0 Å². The molecule has 4 rings (SSSR count). The number of fused-ring (bicyclic) bond motifs is 1. The Morgan fingerprint density at radius 3 is 2.52 bits per heavy atom. The first-order valence-electron chi connectivity index (χ1n) is 9.21. The van der Waals surface area contributed by atoms with Gasteiger partial charge in [-0.05, 0) is 36.4 Å². The number of aliphatic hydroxyl groups excluding tert-OH is 1. The van der Waals surface area contributed by atoms with Crippen LogP contribution < -0.4 is 10.3 Å². The van der Waals surface area contributed by atoms with Gasteiger partial charge in [-0.15, -0.1) is 0 Å². The number of H-pyrrole nitrogens is 1. The Labute approximate surface area is 178 Å². The highest BCUT2D eigenvalue weighted by atomic mass is 32.2. The van der Waals surface area contributed by atoms with Crippen LogP contribution in [0.25, 0.3) is 22.0 Å². The van der Waals surface area contributed by atoms with Gasteiger partial charge in [-0.1, -0.05) is 0 Å². The minimum atomic E-state index is -1.31. The van der Waals surface area contributed by atoms with E-state index in [1.807, 2.05) is 0 Å². The fraction of sp³-hybridized carbons (Fsp3) is 0.136. The Kier molecular flexibility index (Phi) is 5.47. The molecule has 2 N–H and O–H groups in total. The minimum Gasteiger partial charge on any atom is -0.454 e. The van der Waals surface area contributed by atoms with Gasteiger partial charge in [0.15, 0.2) is 11.6 Å². The lowest BCUT2D eigenvalue weighted by molar-refractivity contribution is 0.278. The first-order valence-corrected chi connectivity index (χ1v) is 10.8. The largest absolute Gasteiger partial charge is 0.454 e. The highest BCUT2D eigenvalue weighted by Gasteiger charge is 2.18. The van der Waals surface area contributed by atoms with E-state index in [0.717, 1.165) is 6.07 Å². The highest BCUT2D eigenvalue weighted by Crippen LogP contribution is 2.38. The number of pyridine rings is 1. The molecule has 9 heteroatoms. The van der Waals surface area contributed by atoms with Gasteiger partial charge >= 0.3 is 0 Å². The van der Waals surface area contributed by atoms with Crippen molar-refractivity contribution in [1.82, 2.24) is 9.55 Å². The molecule has 1 unspecified atom stereocenters. The molecular formula is C22H18F2N2O4S. The second kappa shape index (κ2) is 8.09. The van der Waals surface area contributed by atoms with Gasteiger partial charge in [-0.3, -0.25) is 9.00 Å². The van der Waals surface area contributed by atoms with E-state index in [2.05, 4.69) is 4.98 Å². The zero-order valence-electron chi connectivity index (χ0n) is 16.6. The fourth-order valence-electron chi connectivity index (χ4n) is 3.35. The van der Waals surface area contributed by atoms with Crippen molar-refractivity contribution < 1.29 is 22.8 Å². The number of benzene rings is 2. The Balaban J connectivity index is 1.98. The van der Waals surface area contributed by atoms with E-state index < -0.39 is 22.4 Å². The summed E-state index contributed by atoms with van der Waals surface area (Å²) in [5.74, 6) is -1.56. The number of aryl methyl sites for hydroxylation is 1. The van der Waals surface area contributed by atoms with Crippen molar-refractivity contribution in [1.29, 1.82) is 0 Å². The van der Waals surface area contributed by atoms with Crippen molar-refractivity contribution in [2.24, 2.45) is 7.05 Å². The van der Waals surface area contributed by atoms with E-state index in [-0.39, 0.29) is 29.2 Å². The van der Waals surface area contributed by atoms with Gasteiger partial charge in [0.1, 0.15) is 17.1 Å². The molecule has 31 heavy (non-hydrogen) atoms. The van der Waals surface area contributed by atoms with Crippen molar-refractivity contribution >= 4 is 21.7 Å². The molecule has 0 bridgehead atoms. The fourth-order valence-corrected chi connectivity index (χ4v) is 3.90. The molecule has 2 aromatic heterocycles. The zero-order valence-corrected chi connectivity index (χ0v) is 17.4. The van der Waals surface area contributed by atoms with E-state index in [0.29, 0.717) is 33.2 Å². The van der Waals surface area contributed by atoms with Crippen molar-refractivity contribution in [2.45, 2.75) is 11.5 Å². The van der Waals surface area contributed by atoms with Crippen LogP contribution in [0.5, 0.6) is 11.5 Å². The smallest absolute Gasteiger partial charge is 0.274 e.